The minimum Gasteiger partial charge on any atom is -0.479 e. The summed E-state index contributed by atoms with van der Waals surface area (Å²) in [5.41, 5.74) is 3.49. The van der Waals surface area contributed by atoms with Crippen LogP contribution < -0.4 is 10.3 Å². The molecule has 2 aromatic carbocycles. The predicted octanol–water partition coefficient (Wildman–Crippen LogP) is 5.15. The third kappa shape index (κ3) is 4.79. The second-order valence-corrected chi connectivity index (χ2v) is 9.67. The van der Waals surface area contributed by atoms with E-state index in [1.807, 2.05) is 64.0 Å². The zero-order chi connectivity index (χ0) is 23.4. The molecule has 0 saturated carbocycles. The van der Waals surface area contributed by atoms with Gasteiger partial charge in [0, 0.05) is 65.6 Å². The summed E-state index contributed by atoms with van der Waals surface area (Å²) >= 11 is 6.46. The van der Waals surface area contributed by atoms with Crippen LogP contribution in [0.1, 0.15) is 26.3 Å². The van der Waals surface area contributed by atoms with Crippen LogP contribution in [0.25, 0.3) is 27.4 Å². The van der Waals surface area contributed by atoms with E-state index in [1.54, 1.807) is 21.6 Å². The van der Waals surface area contributed by atoms with Crippen LogP contribution in [0.4, 0.5) is 10.5 Å². The standard InChI is InChI=1S/C25H27ClN3O3.Y/c1-25(2,3)32-24(31)29-12-11-16(14-29)15-7-8-17-20(13-15)28(6)21-18(23(17)30)9-10-19(26)22(21)27(4)5;/h7-11,13H,6,12,14H2,1-5H3;/q-1;. The van der Waals surface area contributed by atoms with Crippen molar-refractivity contribution in [3.05, 3.63) is 64.3 Å². The van der Waals surface area contributed by atoms with Crippen molar-refractivity contribution in [2.45, 2.75) is 26.4 Å². The van der Waals surface area contributed by atoms with Gasteiger partial charge in [-0.25, -0.2) is 4.79 Å². The van der Waals surface area contributed by atoms with Gasteiger partial charge in [-0.1, -0.05) is 47.5 Å². The van der Waals surface area contributed by atoms with Crippen LogP contribution in [0.3, 0.4) is 0 Å². The molecular formula is C25H27ClN3O3Y-. The summed E-state index contributed by atoms with van der Waals surface area (Å²) < 4.78 is 7.26. The molecule has 1 aliphatic rings. The van der Waals surface area contributed by atoms with Gasteiger partial charge in [-0.15, -0.1) is 7.05 Å². The van der Waals surface area contributed by atoms with E-state index >= 15 is 0 Å². The van der Waals surface area contributed by atoms with E-state index in [0.717, 1.165) is 16.8 Å². The van der Waals surface area contributed by atoms with Crippen LogP contribution in [0, 0.1) is 7.05 Å². The van der Waals surface area contributed by atoms with Crippen molar-refractivity contribution in [3.63, 3.8) is 0 Å². The minimum atomic E-state index is -0.542. The molecule has 1 amide bonds. The molecule has 0 bridgehead atoms. The summed E-state index contributed by atoms with van der Waals surface area (Å²) in [5, 5.41) is 1.72. The summed E-state index contributed by atoms with van der Waals surface area (Å²) in [6.07, 6.45) is 1.68. The Labute approximate surface area is 224 Å². The monoisotopic (exact) mass is 541 g/mol. The molecule has 6 nitrogen and oxygen atoms in total. The first kappa shape index (κ1) is 25.6. The second-order valence-electron chi connectivity index (χ2n) is 9.27. The smallest absolute Gasteiger partial charge is 0.410 e. The Morgan fingerprint density at radius 3 is 2.45 bits per heavy atom. The molecule has 0 aliphatic carbocycles. The van der Waals surface area contributed by atoms with E-state index in [-0.39, 0.29) is 44.2 Å². The van der Waals surface area contributed by atoms with Gasteiger partial charge in [-0.2, -0.15) is 0 Å². The number of anilines is 1. The van der Waals surface area contributed by atoms with E-state index < -0.39 is 5.60 Å². The number of rotatable bonds is 2. The average molecular weight is 542 g/mol. The van der Waals surface area contributed by atoms with Gasteiger partial charge in [0.1, 0.15) is 5.60 Å². The van der Waals surface area contributed by atoms with Crippen LogP contribution in [-0.2, 0) is 37.4 Å². The Bertz CT molecular complexity index is 1340. The third-order valence-corrected chi connectivity index (χ3v) is 5.84. The van der Waals surface area contributed by atoms with Crippen molar-refractivity contribution in [1.29, 1.82) is 0 Å². The first-order valence-corrected chi connectivity index (χ1v) is 10.8. The number of pyridine rings is 1. The number of nitrogens with zero attached hydrogens (tertiary/aromatic N) is 3. The number of benzene rings is 2. The van der Waals surface area contributed by atoms with E-state index in [0.29, 0.717) is 39.9 Å². The molecule has 4 rings (SSSR count). The zero-order valence-electron chi connectivity index (χ0n) is 19.6. The van der Waals surface area contributed by atoms with Gasteiger partial charge in [0.15, 0.2) is 5.43 Å². The number of aromatic nitrogens is 1. The van der Waals surface area contributed by atoms with E-state index in [1.165, 1.54) is 0 Å². The van der Waals surface area contributed by atoms with Crippen molar-refractivity contribution in [3.8, 4) is 0 Å². The van der Waals surface area contributed by atoms with Gasteiger partial charge < -0.3 is 19.1 Å². The normalized spacial score (nSPS) is 13.8. The van der Waals surface area contributed by atoms with E-state index in [4.69, 9.17) is 16.3 Å². The summed E-state index contributed by atoms with van der Waals surface area (Å²) in [4.78, 5) is 29.2. The molecule has 8 heteroatoms. The number of carbonyl (C=O) groups is 1. The Balaban J connectivity index is 0.00000306. The minimum absolute atomic E-state index is 0. The maximum atomic E-state index is 13.2. The molecule has 1 radical (unpaired) electrons. The first-order valence-electron chi connectivity index (χ1n) is 10.4. The van der Waals surface area contributed by atoms with Gasteiger partial charge in [-0.3, -0.25) is 4.79 Å². The first-order chi connectivity index (χ1) is 15.0. The molecule has 0 spiro atoms. The predicted molar refractivity (Wildman–Crippen MR) is 132 cm³/mol. The molecule has 0 unspecified atom stereocenters. The topological polar surface area (TPSA) is 54.8 Å². The summed E-state index contributed by atoms with van der Waals surface area (Å²) in [6.45, 7) is 6.49. The van der Waals surface area contributed by atoms with Gasteiger partial charge in [-0.05, 0) is 54.3 Å². The van der Waals surface area contributed by atoms with Crippen LogP contribution in [0.2, 0.25) is 5.02 Å². The fourth-order valence-electron chi connectivity index (χ4n) is 4.08. The zero-order valence-corrected chi connectivity index (χ0v) is 23.2. The second kappa shape index (κ2) is 9.32. The molecule has 2 heterocycles. The number of hydrogen-bond donors (Lipinski definition) is 0. The van der Waals surface area contributed by atoms with Crippen LogP contribution in [0.15, 0.2) is 41.2 Å². The largest absolute Gasteiger partial charge is 0.479 e. The average Bonchev–Trinajstić information content (AvgIpc) is 3.20. The molecule has 1 aromatic heterocycles. The molecule has 0 N–H and O–H groups in total. The van der Waals surface area contributed by atoms with E-state index in [2.05, 4.69) is 7.05 Å². The molecule has 3 aromatic rings. The molecule has 0 atom stereocenters. The number of hydrogen-bond acceptors (Lipinski definition) is 4. The number of ether oxygens (including phenoxy) is 1. The summed E-state index contributed by atoms with van der Waals surface area (Å²) in [7, 11) is 8.02. The molecule has 171 valence electrons. The SMILES string of the molecule is [CH2-]n1c2cc(C3=CCN(C(=O)OC(C)(C)C)C3)ccc2c(=O)c2ccc(Cl)c(N(C)C)c21.[Y]. The fraction of sp³-hybridized carbons (Fsp3) is 0.320. The number of carbonyl (C=O) groups excluding carboxylic acids is 1. The Hall–Kier alpha value is -2.02. The van der Waals surface area contributed by atoms with Crippen LogP contribution in [-0.4, -0.2) is 48.3 Å². The maximum absolute atomic E-state index is 13.2. The van der Waals surface area contributed by atoms with E-state index in [9.17, 15) is 9.59 Å². The summed E-state index contributed by atoms with van der Waals surface area (Å²) in [5.74, 6) is 0. The summed E-state index contributed by atoms with van der Waals surface area (Å²) in [6, 6.07) is 9.20. The number of amides is 1. The van der Waals surface area contributed by atoms with Crippen molar-refractivity contribution in [2.75, 3.05) is 32.1 Å². The van der Waals surface area contributed by atoms with Gasteiger partial charge >= 0.3 is 6.09 Å². The van der Waals surface area contributed by atoms with Crippen molar-refractivity contribution in [2.24, 2.45) is 0 Å². The van der Waals surface area contributed by atoms with Gasteiger partial charge in [0.05, 0.1) is 5.02 Å². The van der Waals surface area contributed by atoms with Gasteiger partial charge in [0.25, 0.3) is 0 Å². The Kier molecular flexibility index (Phi) is 7.23. The van der Waals surface area contributed by atoms with Crippen molar-refractivity contribution < 1.29 is 42.2 Å². The van der Waals surface area contributed by atoms with Crippen molar-refractivity contribution >= 4 is 50.8 Å². The molecule has 0 saturated heterocycles. The van der Waals surface area contributed by atoms with Crippen molar-refractivity contribution in [1.82, 2.24) is 9.47 Å². The molecule has 0 fully saturated rings. The number of fused-ring (bicyclic) bond motifs is 2. The third-order valence-electron chi connectivity index (χ3n) is 5.54. The molecule has 33 heavy (non-hydrogen) atoms. The molecule has 1 aliphatic heterocycles. The number of halogens is 1. The molecular weight excluding hydrogens is 515 g/mol. The van der Waals surface area contributed by atoms with Gasteiger partial charge in [0.2, 0.25) is 0 Å². The van der Waals surface area contributed by atoms with Crippen LogP contribution >= 0.6 is 11.6 Å². The Morgan fingerprint density at radius 2 is 1.82 bits per heavy atom. The maximum Gasteiger partial charge on any atom is 0.410 e. The Morgan fingerprint density at radius 1 is 1.15 bits per heavy atom. The quantitative estimate of drug-likeness (QED) is 0.333. The van der Waals surface area contributed by atoms with Crippen LogP contribution in [0.5, 0.6) is 0 Å². The fourth-order valence-corrected chi connectivity index (χ4v) is 4.40.